The maximum absolute atomic E-state index is 12.8. The van der Waals surface area contributed by atoms with Crippen LogP contribution < -0.4 is 4.90 Å². The summed E-state index contributed by atoms with van der Waals surface area (Å²) in [5.74, 6) is 1.05. The van der Waals surface area contributed by atoms with Crippen molar-refractivity contribution in [1.82, 2.24) is 20.1 Å². The van der Waals surface area contributed by atoms with Gasteiger partial charge in [0.1, 0.15) is 0 Å². The van der Waals surface area contributed by atoms with Crippen LogP contribution in [0.15, 0.2) is 36.5 Å². The summed E-state index contributed by atoms with van der Waals surface area (Å²) in [5, 5.41) is 9.91. The molecule has 0 atom stereocenters. The molecular formula is C20H21N5O. The van der Waals surface area contributed by atoms with Crippen LogP contribution in [0.4, 0.5) is 5.82 Å². The zero-order valence-corrected chi connectivity index (χ0v) is 14.6. The van der Waals surface area contributed by atoms with Crippen LogP contribution in [0, 0.1) is 0 Å². The van der Waals surface area contributed by atoms with Gasteiger partial charge in [0, 0.05) is 43.5 Å². The molecule has 1 fully saturated rings. The van der Waals surface area contributed by atoms with E-state index in [1.54, 1.807) is 0 Å². The monoisotopic (exact) mass is 347 g/mol. The summed E-state index contributed by atoms with van der Waals surface area (Å²) < 4.78 is 0. The van der Waals surface area contributed by atoms with Crippen molar-refractivity contribution in [3.05, 3.63) is 53.3 Å². The minimum atomic E-state index is 0.0983. The highest BCUT2D eigenvalue weighted by Gasteiger charge is 2.24. The molecule has 1 aliphatic carbocycles. The third kappa shape index (κ3) is 2.62. The zero-order chi connectivity index (χ0) is 17.5. The molecule has 132 valence electrons. The van der Waals surface area contributed by atoms with Crippen LogP contribution >= 0.6 is 0 Å². The molecule has 2 aliphatic rings. The molecule has 26 heavy (non-hydrogen) atoms. The normalized spacial score (nSPS) is 16.9. The molecule has 6 heteroatoms. The van der Waals surface area contributed by atoms with Gasteiger partial charge in [0.25, 0.3) is 5.91 Å². The van der Waals surface area contributed by atoms with Gasteiger partial charge in [0.2, 0.25) is 0 Å². The van der Waals surface area contributed by atoms with Crippen LogP contribution in [0.1, 0.15) is 28.0 Å². The van der Waals surface area contributed by atoms with E-state index in [4.69, 9.17) is 0 Å². The predicted octanol–water partition coefficient (Wildman–Crippen LogP) is 2.41. The fourth-order valence-electron chi connectivity index (χ4n) is 3.97. The summed E-state index contributed by atoms with van der Waals surface area (Å²) >= 11 is 0. The van der Waals surface area contributed by atoms with E-state index in [2.05, 4.69) is 26.1 Å². The molecule has 2 aromatic heterocycles. The van der Waals surface area contributed by atoms with Crippen molar-refractivity contribution in [1.29, 1.82) is 0 Å². The smallest absolute Gasteiger partial charge is 0.254 e. The lowest BCUT2D eigenvalue weighted by Crippen LogP contribution is -2.49. The van der Waals surface area contributed by atoms with Gasteiger partial charge in [-0.15, -0.1) is 5.10 Å². The van der Waals surface area contributed by atoms with Crippen molar-refractivity contribution in [2.24, 2.45) is 0 Å². The Balaban J connectivity index is 1.28. The van der Waals surface area contributed by atoms with Gasteiger partial charge < -0.3 is 14.8 Å². The molecule has 1 N–H and O–H groups in total. The number of anilines is 1. The largest absolute Gasteiger partial charge is 0.361 e. The predicted molar refractivity (Wildman–Crippen MR) is 100 cm³/mol. The number of aryl methyl sites for hydroxylation is 2. The number of nitrogens with one attached hydrogen (secondary N) is 1. The Bertz CT molecular complexity index is 971. The summed E-state index contributed by atoms with van der Waals surface area (Å²) in [4.78, 5) is 20.2. The zero-order valence-electron chi connectivity index (χ0n) is 14.6. The van der Waals surface area contributed by atoms with Crippen LogP contribution in [0.2, 0.25) is 0 Å². The van der Waals surface area contributed by atoms with Crippen LogP contribution in [0.5, 0.6) is 0 Å². The molecule has 6 nitrogen and oxygen atoms in total. The van der Waals surface area contributed by atoms with Crippen molar-refractivity contribution >= 4 is 22.6 Å². The molecule has 0 spiro atoms. The number of amides is 1. The number of aromatic nitrogens is 3. The summed E-state index contributed by atoms with van der Waals surface area (Å²) in [5.41, 5.74) is 4.24. The lowest BCUT2D eigenvalue weighted by molar-refractivity contribution is 0.0746. The number of rotatable bonds is 2. The number of piperazine rings is 1. The molecule has 3 heterocycles. The second kappa shape index (κ2) is 6.12. The van der Waals surface area contributed by atoms with Gasteiger partial charge in [-0.2, -0.15) is 5.10 Å². The summed E-state index contributed by atoms with van der Waals surface area (Å²) in [6.45, 7) is 3.01. The SMILES string of the molecule is O=C(c1ccc2cc[nH]c2c1)N1CCN(c2cc3c(nn2)CCC3)CC1. The first-order chi connectivity index (χ1) is 12.8. The second-order valence-corrected chi connectivity index (χ2v) is 7.09. The highest BCUT2D eigenvalue weighted by atomic mass is 16.2. The van der Waals surface area contributed by atoms with Gasteiger partial charge in [0.05, 0.1) is 5.69 Å². The standard InChI is InChI=1S/C20H21N5O/c26-20(16-5-4-14-6-7-21-18(14)12-16)25-10-8-24(9-11-25)19-13-15-2-1-3-17(15)22-23-19/h4-7,12-13,21H,1-3,8-11H2. The van der Waals surface area contributed by atoms with Gasteiger partial charge in [-0.1, -0.05) is 6.07 Å². The molecule has 1 amide bonds. The van der Waals surface area contributed by atoms with Gasteiger partial charge in [-0.25, -0.2) is 0 Å². The number of hydrogen-bond acceptors (Lipinski definition) is 4. The Labute approximate surface area is 151 Å². The number of nitrogens with zero attached hydrogens (tertiary/aromatic N) is 4. The fraction of sp³-hybridized carbons (Fsp3) is 0.350. The van der Waals surface area contributed by atoms with E-state index in [1.165, 1.54) is 12.0 Å². The molecule has 0 radical (unpaired) electrons. The number of benzene rings is 1. The first kappa shape index (κ1) is 15.4. The Morgan fingerprint density at radius 1 is 1.00 bits per heavy atom. The quantitative estimate of drug-likeness (QED) is 0.773. The van der Waals surface area contributed by atoms with E-state index in [0.717, 1.165) is 53.9 Å². The van der Waals surface area contributed by atoms with Crippen molar-refractivity contribution in [3.63, 3.8) is 0 Å². The molecule has 1 saturated heterocycles. The average Bonchev–Trinajstić information content (AvgIpc) is 3.35. The Morgan fingerprint density at radius 2 is 1.88 bits per heavy atom. The Hall–Kier alpha value is -2.89. The minimum Gasteiger partial charge on any atom is -0.361 e. The number of hydrogen-bond donors (Lipinski definition) is 1. The first-order valence-electron chi connectivity index (χ1n) is 9.25. The third-order valence-electron chi connectivity index (χ3n) is 5.50. The number of carbonyl (C=O) groups excluding carboxylic acids is 1. The minimum absolute atomic E-state index is 0.0983. The van der Waals surface area contributed by atoms with Gasteiger partial charge in [-0.3, -0.25) is 4.79 Å². The van der Waals surface area contributed by atoms with E-state index >= 15 is 0 Å². The molecule has 0 unspecified atom stereocenters. The maximum Gasteiger partial charge on any atom is 0.254 e. The Kier molecular flexibility index (Phi) is 3.62. The molecule has 1 aliphatic heterocycles. The fourth-order valence-corrected chi connectivity index (χ4v) is 3.97. The van der Waals surface area contributed by atoms with E-state index in [9.17, 15) is 4.79 Å². The van der Waals surface area contributed by atoms with E-state index in [1.807, 2.05) is 35.4 Å². The number of aromatic amines is 1. The third-order valence-corrected chi connectivity index (χ3v) is 5.50. The van der Waals surface area contributed by atoms with Crippen molar-refractivity contribution < 1.29 is 4.79 Å². The lowest BCUT2D eigenvalue weighted by atomic mass is 10.1. The Morgan fingerprint density at radius 3 is 2.77 bits per heavy atom. The first-order valence-corrected chi connectivity index (χ1v) is 9.25. The van der Waals surface area contributed by atoms with E-state index in [0.29, 0.717) is 13.1 Å². The second-order valence-electron chi connectivity index (χ2n) is 7.09. The summed E-state index contributed by atoms with van der Waals surface area (Å²) in [7, 11) is 0. The van der Waals surface area contributed by atoms with Gasteiger partial charge >= 0.3 is 0 Å². The van der Waals surface area contributed by atoms with Crippen molar-refractivity contribution in [2.45, 2.75) is 19.3 Å². The number of H-pyrrole nitrogens is 1. The summed E-state index contributed by atoms with van der Waals surface area (Å²) in [6.07, 6.45) is 5.24. The molecule has 3 aromatic rings. The molecule has 0 saturated carbocycles. The van der Waals surface area contributed by atoms with Crippen molar-refractivity contribution in [3.8, 4) is 0 Å². The van der Waals surface area contributed by atoms with Crippen LogP contribution in [-0.4, -0.2) is 52.2 Å². The number of fused-ring (bicyclic) bond motifs is 2. The highest BCUT2D eigenvalue weighted by molar-refractivity contribution is 5.98. The van der Waals surface area contributed by atoms with Crippen LogP contribution in [-0.2, 0) is 12.8 Å². The van der Waals surface area contributed by atoms with E-state index in [-0.39, 0.29) is 5.91 Å². The van der Waals surface area contributed by atoms with Gasteiger partial charge in [0.15, 0.2) is 5.82 Å². The van der Waals surface area contributed by atoms with Crippen LogP contribution in [0.25, 0.3) is 10.9 Å². The lowest BCUT2D eigenvalue weighted by Gasteiger charge is -2.35. The maximum atomic E-state index is 12.8. The molecule has 1 aromatic carbocycles. The van der Waals surface area contributed by atoms with Crippen LogP contribution in [0.3, 0.4) is 0 Å². The van der Waals surface area contributed by atoms with Crippen molar-refractivity contribution in [2.75, 3.05) is 31.1 Å². The average molecular weight is 347 g/mol. The number of carbonyl (C=O) groups is 1. The topological polar surface area (TPSA) is 65.1 Å². The molecule has 0 bridgehead atoms. The summed E-state index contributed by atoms with van der Waals surface area (Å²) in [6, 6.07) is 10.0. The van der Waals surface area contributed by atoms with E-state index < -0.39 is 0 Å². The highest BCUT2D eigenvalue weighted by Crippen LogP contribution is 2.24. The molecular weight excluding hydrogens is 326 g/mol. The van der Waals surface area contributed by atoms with Gasteiger partial charge in [-0.05, 0) is 54.5 Å². The molecule has 5 rings (SSSR count).